The average molecular weight is 416 g/mol. The van der Waals surface area contributed by atoms with E-state index >= 15 is 0 Å². The number of halogens is 1. The first-order valence-electron chi connectivity index (χ1n) is 8.28. The summed E-state index contributed by atoms with van der Waals surface area (Å²) < 4.78 is 12.1. The Morgan fingerprint density at radius 2 is 1.96 bits per heavy atom. The zero-order valence-corrected chi connectivity index (χ0v) is 17.6. The molecule has 1 aromatic rings. The Morgan fingerprint density at radius 3 is 2.52 bits per heavy atom. The number of amides is 1. The normalized spacial score (nSPS) is 11.5. The first kappa shape index (κ1) is 21.7. The molecule has 1 amide bonds. The lowest BCUT2D eigenvalue weighted by Gasteiger charge is -2.22. The Kier molecular flexibility index (Phi) is 8.68. The molecule has 2 N–H and O–H groups in total. The van der Waals surface area contributed by atoms with Gasteiger partial charge in [0, 0.05) is 35.2 Å². The van der Waals surface area contributed by atoms with Gasteiger partial charge in [-0.25, -0.2) is 0 Å². The van der Waals surface area contributed by atoms with Gasteiger partial charge in [0.1, 0.15) is 0 Å². The van der Waals surface area contributed by atoms with Crippen molar-refractivity contribution in [3.05, 3.63) is 22.2 Å². The van der Waals surface area contributed by atoms with Crippen LogP contribution in [0.4, 0.5) is 0 Å². The van der Waals surface area contributed by atoms with Gasteiger partial charge in [0.05, 0.1) is 7.11 Å². The van der Waals surface area contributed by atoms with E-state index in [1.165, 1.54) is 0 Å². The SMILES string of the molecule is COc1ccc(Br)c(CNCCN(C)C)c1OCC(=O)NC(C)(C)C. The number of carbonyl (C=O) groups excluding carboxylic acids is 1. The van der Waals surface area contributed by atoms with Gasteiger partial charge in [0.2, 0.25) is 0 Å². The summed E-state index contributed by atoms with van der Waals surface area (Å²) in [5.74, 6) is 1.02. The summed E-state index contributed by atoms with van der Waals surface area (Å²) in [5, 5.41) is 6.27. The predicted octanol–water partition coefficient (Wildman–Crippen LogP) is 2.40. The van der Waals surface area contributed by atoms with Crippen LogP contribution < -0.4 is 20.1 Å². The molecule has 0 radical (unpaired) electrons. The van der Waals surface area contributed by atoms with Gasteiger partial charge < -0.3 is 25.0 Å². The predicted molar refractivity (Wildman–Crippen MR) is 104 cm³/mol. The molecule has 0 fully saturated rings. The van der Waals surface area contributed by atoms with Crippen LogP contribution in [0.25, 0.3) is 0 Å². The van der Waals surface area contributed by atoms with E-state index in [9.17, 15) is 4.79 Å². The van der Waals surface area contributed by atoms with Gasteiger partial charge in [0.15, 0.2) is 18.1 Å². The molecule has 0 bridgehead atoms. The smallest absolute Gasteiger partial charge is 0.258 e. The maximum atomic E-state index is 12.1. The van der Waals surface area contributed by atoms with Crippen LogP contribution in [0, 0.1) is 0 Å². The number of rotatable bonds is 9. The highest BCUT2D eigenvalue weighted by atomic mass is 79.9. The van der Waals surface area contributed by atoms with Crippen molar-refractivity contribution in [1.82, 2.24) is 15.5 Å². The molecule has 7 heteroatoms. The molecule has 0 aliphatic heterocycles. The minimum atomic E-state index is -0.293. The molecule has 0 unspecified atom stereocenters. The summed E-state index contributed by atoms with van der Waals surface area (Å²) >= 11 is 3.56. The van der Waals surface area contributed by atoms with Gasteiger partial charge in [-0.15, -0.1) is 0 Å². The van der Waals surface area contributed by atoms with Gasteiger partial charge in [-0.05, 0) is 47.0 Å². The van der Waals surface area contributed by atoms with E-state index in [4.69, 9.17) is 9.47 Å². The standard InChI is InChI=1S/C18H30BrN3O3/c1-18(2,3)21-16(23)12-25-17-13(11-20-9-10-22(4)5)14(19)7-8-15(17)24-6/h7-8,20H,9-12H2,1-6H3,(H,21,23). The second-order valence-corrected chi connectivity index (χ2v) is 7.98. The Balaban J connectivity index is 2.84. The van der Waals surface area contributed by atoms with Crippen LogP contribution in [0.2, 0.25) is 0 Å². The third-order valence-corrected chi connectivity index (χ3v) is 4.03. The summed E-state index contributed by atoms with van der Waals surface area (Å²) in [6.07, 6.45) is 0. The second-order valence-electron chi connectivity index (χ2n) is 7.12. The van der Waals surface area contributed by atoms with Crippen molar-refractivity contribution in [2.75, 3.05) is 40.9 Å². The number of hydrogen-bond acceptors (Lipinski definition) is 5. The molecule has 0 aromatic heterocycles. The molecule has 0 saturated heterocycles. The number of benzene rings is 1. The summed E-state index contributed by atoms with van der Waals surface area (Å²) in [4.78, 5) is 14.2. The van der Waals surface area contributed by atoms with Crippen LogP contribution >= 0.6 is 15.9 Å². The van der Waals surface area contributed by atoms with Crippen LogP contribution in [0.5, 0.6) is 11.5 Å². The Bertz CT molecular complexity index is 571. The lowest BCUT2D eigenvalue weighted by molar-refractivity contribution is -0.124. The molecular weight excluding hydrogens is 386 g/mol. The van der Waals surface area contributed by atoms with E-state index in [1.54, 1.807) is 7.11 Å². The monoisotopic (exact) mass is 415 g/mol. The summed E-state index contributed by atoms with van der Waals surface area (Å²) in [6.45, 7) is 8.14. The maximum absolute atomic E-state index is 12.1. The number of carbonyl (C=O) groups is 1. The Morgan fingerprint density at radius 1 is 1.28 bits per heavy atom. The molecule has 1 aromatic carbocycles. The van der Waals surface area contributed by atoms with Gasteiger partial charge in [-0.3, -0.25) is 4.79 Å². The van der Waals surface area contributed by atoms with Crippen LogP contribution in [0.15, 0.2) is 16.6 Å². The van der Waals surface area contributed by atoms with Crippen molar-refractivity contribution in [2.45, 2.75) is 32.9 Å². The third-order valence-electron chi connectivity index (χ3n) is 3.29. The second kappa shape index (κ2) is 9.99. The van der Waals surface area contributed by atoms with Crippen molar-refractivity contribution < 1.29 is 14.3 Å². The zero-order valence-electron chi connectivity index (χ0n) is 16.0. The number of ether oxygens (including phenoxy) is 2. The van der Waals surface area contributed by atoms with Crippen molar-refractivity contribution in [3.63, 3.8) is 0 Å². The van der Waals surface area contributed by atoms with Crippen LogP contribution in [0.1, 0.15) is 26.3 Å². The molecular formula is C18H30BrN3O3. The van der Waals surface area contributed by atoms with Gasteiger partial charge in [0.25, 0.3) is 5.91 Å². The fourth-order valence-corrected chi connectivity index (χ4v) is 2.63. The molecule has 6 nitrogen and oxygen atoms in total. The van der Waals surface area contributed by atoms with E-state index in [1.807, 2.05) is 47.0 Å². The number of methoxy groups -OCH3 is 1. The van der Waals surface area contributed by atoms with E-state index in [-0.39, 0.29) is 18.1 Å². The molecule has 0 aliphatic rings. The summed E-state index contributed by atoms with van der Waals surface area (Å²) in [5.41, 5.74) is 0.639. The minimum absolute atomic E-state index is 0.0607. The van der Waals surface area contributed by atoms with E-state index in [0.29, 0.717) is 18.0 Å². The molecule has 25 heavy (non-hydrogen) atoms. The molecule has 142 valence electrons. The third kappa shape index (κ3) is 8.07. The first-order valence-corrected chi connectivity index (χ1v) is 9.08. The van der Waals surface area contributed by atoms with Gasteiger partial charge in [-0.1, -0.05) is 15.9 Å². The molecule has 1 rings (SSSR count). The zero-order chi connectivity index (χ0) is 19.0. The molecule has 0 atom stereocenters. The maximum Gasteiger partial charge on any atom is 0.258 e. The topological polar surface area (TPSA) is 62.8 Å². The molecule has 0 aliphatic carbocycles. The number of nitrogens with zero attached hydrogens (tertiary/aromatic N) is 1. The van der Waals surface area contributed by atoms with Crippen LogP contribution in [-0.2, 0) is 11.3 Å². The highest BCUT2D eigenvalue weighted by molar-refractivity contribution is 9.10. The quantitative estimate of drug-likeness (QED) is 0.606. The Labute approximate surface area is 159 Å². The molecule has 0 saturated carbocycles. The lowest BCUT2D eigenvalue weighted by Crippen LogP contribution is -2.43. The number of likely N-dealkylation sites (N-methyl/N-ethyl adjacent to an activating group) is 1. The summed E-state index contributed by atoms with van der Waals surface area (Å²) in [7, 11) is 5.66. The Hall–Kier alpha value is -1.31. The molecule has 0 spiro atoms. The van der Waals surface area contributed by atoms with Gasteiger partial charge in [-0.2, -0.15) is 0 Å². The van der Waals surface area contributed by atoms with Gasteiger partial charge >= 0.3 is 0 Å². The summed E-state index contributed by atoms with van der Waals surface area (Å²) in [6, 6.07) is 3.74. The lowest BCUT2D eigenvalue weighted by atomic mass is 10.1. The average Bonchev–Trinajstić information content (AvgIpc) is 2.49. The van der Waals surface area contributed by atoms with Crippen molar-refractivity contribution in [2.24, 2.45) is 0 Å². The number of nitrogens with one attached hydrogen (secondary N) is 2. The van der Waals surface area contributed by atoms with Crippen molar-refractivity contribution >= 4 is 21.8 Å². The largest absolute Gasteiger partial charge is 0.493 e. The van der Waals surface area contributed by atoms with E-state index < -0.39 is 0 Å². The molecule has 0 heterocycles. The fraction of sp³-hybridized carbons (Fsp3) is 0.611. The first-order chi connectivity index (χ1) is 11.6. The minimum Gasteiger partial charge on any atom is -0.493 e. The highest BCUT2D eigenvalue weighted by Crippen LogP contribution is 2.36. The number of hydrogen-bond donors (Lipinski definition) is 2. The fourth-order valence-electron chi connectivity index (χ4n) is 2.17. The van der Waals surface area contributed by atoms with E-state index in [2.05, 4.69) is 31.5 Å². The highest BCUT2D eigenvalue weighted by Gasteiger charge is 2.18. The van der Waals surface area contributed by atoms with Crippen LogP contribution in [-0.4, -0.2) is 57.2 Å². The van der Waals surface area contributed by atoms with Crippen molar-refractivity contribution in [1.29, 1.82) is 0 Å². The van der Waals surface area contributed by atoms with Crippen molar-refractivity contribution in [3.8, 4) is 11.5 Å². The van der Waals surface area contributed by atoms with E-state index in [0.717, 1.165) is 23.1 Å². The van der Waals surface area contributed by atoms with Crippen LogP contribution in [0.3, 0.4) is 0 Å².